The van der Waals surface area contributed by atoms with Crippen LogP contribution in [0.15, 0.2) is 18.2 Å². The van der Waals surface area contributed by atoms with Crippen molar-refractivity contribution in [2.75, 3.05) is 0 Å². The van der Waals surface area contributed by atoms with Crippen molar-refractivity contribution in [3.05, 3.63) is 35.4 Å². The summed E-state index contributed by atoms with van der Waals surface area (Å²) in [5, 5.41) is 2.71. The maximum absolute atomic E-state index is 13.6. The second-order valence-corrected chi connectivity index (χ2v) is 5.22. The molecule has 1 unspecified atom stereocenters. The molecule has 0 aliphatic heterocycles. The fourth-order valence-electron chi connectivity index (χ4n) is 2.50. The van der Waals surface area contributed by atoms with Crippen LogP contribution in [-0.4, -0.2) is 11.4 Å². The van der Waals surface area contributed by atoms with Crippen LogP contribution in [0.3, 0.4) is 0 Å². The first kappa shape index (κ1) is 13.9. The van der Waals surface area contributed by atoms with E-state index in [0.717, 1.165) is 18.9 Å². The fourth-order valence-corrected chi connectivity index (χ4v) is 2.50. The highest BCUT2D eigenvalue weighted by molar-refractivity contribution is 5.86. The Labute approximate surface area is 111 Å². The third kappa shape index (κ3) is 2.92. The maximum Gasteiger partial charge on any atom is 0.240 e. The van der Waals surface area contributed by atoms with E-state index in [4.69, 9.17) is 5.73 Å². The van der Waals surface area contributed by atoms with Crippen molar-refractivity contribution in [3.8, 4) is 0 Å². The molecule has 0 spiro atoms. The smallest absolute Gasteiger partial charge is 0.240 e. The lowest BCUT2D eigenvalue weighted by Crippen LogP contribution is -2.52. The van der Waals surface area contributed by atoms with Crippen LogP contribution in [-0.2, 0) is 4.79 Å². The van der Waals surface area contributed by atoms with Crippen molar-refractivity contribution in [1.82, 2.24) is 5.32 Å². The summed E-state index contributed by atoms with van der Waals surface area (Å²) in [6.07, 6.45) is 3.17. The van der Waals surface area contributed by atoms with Gasteiger partial charge in [0.25, 0.3) is 0 Å². The van der Waals surface area contributed by atoms with E-state index in [-0.39, 0.29) is 11.5 Å². The zero-order chi connectivity index (χ0) is 14.0. The van der Waals surface area contributed by atoms with Gasteiger partial charge in [-0.05, 0) is 25.8 Å². The highest BCUT2D eigenvalue weighted by Crippen LogP contribution is 2.28. The molecule has 0 radical (unpaired) electrons. The second kappa shape index (κ2) is 5.25. The zero-order valence-electron chi connectivity index (χ0n) is 10.9. The number of hydrogen-bond acceptors (Lipinski definition) is 2. The van der Waals surface area contributed by atoms with E-state index in [1.807, 2.05) is 0 Å². The van der Waals surface area contributed by atoms with Gasteiger partial charge in [-0.15, -0.1) is 0 Å². The number of carbonyl (C=O) groups excluding carboxylic acids is 1. The minimum atomic E-state index is -0.842. The van der Waals surface area contributed by atoms with Crippen LogP contribution in [0.25, 0.3) is 0 Å². The van der Waals surface area contributed by atoms with Crippen LogP contribution >= 0.6 is 0 Å². The number of halogens is 2. The van der Waals surface area contributed by atoms with Gasteiger partial charge in [-0.2, -0.15) is 0 Å². The third-order valence-electron chi connectivity index (χ3n) is 3.72. The minimum absolute atomic E-state index is 0.261. The molecule has 1 saturated carbocycles. The van der Waals surface area contributed by atoms with Crippen LogP contribution in [0, 0.1) is 11.6 Å². The molecule has 1 aliphatic carbocycles. The molecule has 104 valence electrons. The molecular weight excluding hydrogens is 250 g/mol. The summed E-state index contributed by atoms with van der Waals surface area (Å²) in [6.45, 7) is 1.66. The van der Waals surface area contributed by atoms with Gasteiger partial charge in [0, 0.05) is 11.6 Å². The van der Waals surface area contributed by atoms with E-state index in [2.05, 4.69) is 5.32 Å². The first-order valence-electron chi connectivity index (χ1n) is 6.47. The Hall–Kier alpha value is -1.49. The standard InChI is InChI=1S/C14H18F2N2O/c1-9(11-5-4-10(15)8-12(11)16)18-13(19)14(17)6-2-3-7-14/h4-5,8-9H,2-3,6-7,17H2,1H3,(H,18,19). The topological polar surface area (TPSA) is 55.1 Å². The first-order valence-corrected chi connectivity index (χ1v) is 6.47. The fraction of sp³-hybridized carbons (Fsp3) is 0.500. The van der Waals surface area contributed by atoms with Crippen molar-refractivity contribution < 1.29 is 13.6 Å². The van der Waals surface area contributed by atoms with Crippen LogP contribution < -0.4 is 11.1 Å². The lowest BCUT2D eigenvalue weighted by atomic mass is 9.97. The van der Waals surface area contributed by atoms with Crippen molar-refractivity contribution in [2.45, 2.75) is 44.2 Å². The van der Waals surface area contributed by atoms with Gasteiger partial charge in [0.05, 0.1) is 11.6 Å². The Bertz CT molecular complexity index is 484. The molecular formula is C14H18F2N2O. The zero-order valence-corrected chi connectivity index (χ0v) is 10.9. The third-order valence-corrected chi connectivity index (χ3v) is 3.72. The summed E-state index contributed by atoms with van der Waals surface area (Å²) in [5.74, 6) is -1.56. The second-order valence-electron chi connectivity index (χ2n) is 5.22. The van der Waals surface area contributed by atoms with Crippen LogP contribution in [0.4, 0.5) is 8.78 Å². The number of nitrogens with one attached hydrogen (secondary N) is 1. The molecule has 5 heteroatoms. The van der Waals surface area contributed by atoms with Gasteiger partial charge in [0.15, 0.2) is 0 Å². The quantitative estimate of drug-likeness (QED) is 0.884. The molecule has 1 atom stereocenters. The summed E-state index contributed by atoms with van der Waals surface area (Å²) >= 11 is 0. The predicted molar refractivity (Wildman–Crippen MR) is 68.3 cm³/mol. The monoisotopic (exact) mass is 268 g/mol. The molecule has 0 heterocycles. The summed E-state index contributed by atoms with van der Waals surface area (Å²) < 4.78 is 26.4. The van der Waals surface area contributed by atoms with E-state index in [0.29, 0.717) is 12.8 Å². The highest BCUT2D eigenvalue weighted by atomic mass is 19.1. The number of benzene rings is 1. The molecule has 2 rings (SSSR count). The van der Waals surface area contributed by atoms with Gasteiger partial charge in [0.2, 0.25) is 5.91 Å². The molecule has 1 aromatic rings. The molecule has 1 fully saturated rings. The first-order chi connectivity index (χ1) is 8.92. The van der Waals surface area contributed by atoms with Crippen molar-refractivity contribution in [3.63, 3.8) is 0 Å². The summed E-state index contributed by atoms with van der Waals surface area (Å²) in [7, 11) is 0. The van der Waals surface area contributed by atoms with E-state index in [1.165, 1.54) is 12.1 Å². The summed E-state index contributed by atoms with van der Waals surface area (Å²) in [5.41, 5.74) is 5.44. The van der Waals surface area contributed by atoms with Gasteiger partial charge < -0.3 is 11.1 Å². The Morgan fingerprint density at radius 3 is 2.58 bits per heavy atom. The Morgan fingerprint density at radius 1 is 1.37 bits per heavy atom. The Kier molecular flexibility index (Phi) is 3.85. The van der Waals surface area contributed by atoms with Gasteiger partial charge in [0.1, 0.15) is 11.6 Å². The number of nitrogens with two attached hydrogens (primary N) is 1. The van der Waals surface area contributed by atoms with E-state index >= 15 is 0 Å². The molecule has 3 nitrogen and oxygen atoms in total. The van der Waals surface area contributed by atoms with Crippen molar-refractivity contribution in [1.29, 1.82) is 0 Å². The number of carbonyl (C=O) groups is 1. The minimum Gasteiger partial charge on any atom is -0.348 e. The largest absolute Gasteiger partial charge is 0.348 e. The number of amides is 1. The summed E-state index contributed by atoms with van der Waals surface area (Å²) in [4.78, 5) is 12.1. The SMILES string of the molecule is CC(NC(=O)C1(N)CCCC1)c1ccc(F)cc1F. The molecule has 19 heavy (non-hydrogen) atoms. The molecule has 0 saturated heterocycles. The maximum atomic E-state index is 13.6. The number of rotatable bonds is 3. The molecule has 1 aromatic carbocycles. The van der Waals surface area contributed by atoms with Gasteiger partial charge >= 0.3 is 0 Å². The molecule has 0 bridgehead atoms. The van der Waals surface area contributed by atoms with Gasteiger partial charge in [-0.25, -0.2) is 8.78 Å². The summed E-state index contributed by atoms with van der Waals surface area (Å²) in [6, 6.07) is 2.79. The Morgan fingerprint density at radius 2 is 2.00 bits per heavy atom. The number of hydrogen-bond donors (Lipinski definition) is 2. The van der Waals surface area contributed by atoms with Crippen LogP contribution in [0.5, 0.6) is 0 Å². The van der Waals surface area contributed by atoms with E-state index < -0.39 is 23.2 Å². The van der Waals surface area contributed by atoms with E-state index in [1.54, 1.807) is 6.92 Å². The molecule has 3 N–H and O–H groups in total. The predicted octanol–water partition coefficient (Wildman–Crippen LogP) is 2.41. The lowest BCUT2D eigenvalue weighted by Gasteiger charge is -2.25. The lowest BCUT2D eigenvalue weighted by molar-refractivity contribution is -0.126. The molecule has 0 aromatic heterocycles. The normalized spacial score (nSPS) is 19.2. The van der Waals surface area contributed by atoms with Crippen LogP contribution in [0.2, 0.25) is 0 Å². The average Bonchev–Trinajstić information content (AvgIpc) is 2.77. The van der Waals surface area contributed by atoms with Gasteiger partial charge in [-0.3, -0.25) is 4.79 Å². The van der Waals surface area contributed by atoms with Crippen LogP contribution in [0.1, 0.15) is 44.2 Å². The average molecular weight is 268 g/mol. The van der Waals surface area contributed by atoms with Crippen molar-refractivity contribution in [2.24, 2.45) is 5.73 Å². The van der Waals surface area contributed by atoms with E-state index in [9.17, 15) is 13.6 Å². The van der Waals surface area contributed by atoms with Crippen molar-refractivity contribution >= 4 is 5.91 Å². The highest BCUT2D eigenvalue weighted by Gasteiger charge is 2.37. The Balaban J connectivity index is 2.08. The molecule has 1 amide bonds. The molecule has 1 aliphatic rings. The van der Waals surface area contributed by atoms with Gasteiger partial charge in [-0.1, -0.05) is 18.9 Å².